The third-order valence-corrected chi connectivity index (χ3v) is 18.7. The summed E-state index contributed by atoms with van der Waals surface area (Å²) in [4.78, 5) is 5.25. The number of nitrogens with zero attached hydrogens (tertiary/aromatic N) is 2. The number of rotatable bonds is 9. The molecule has 0 aliphatic heterocycles. The van der Waals surface area contributed by atoms with Gasteiger partial charge >= 0.3 is 0 Å². The third kappa shape index (κ3) is 8.55. The molecule has 0 bridgehead atoms. The zero-order valence-electron chi connectivity index (χ0n) is 33.2. The maximum Gasteiger partial charge on any atom is 0.192 e. The summed E-state index contributed by atoms with van der Waals surface area (Å²) in [5.74, 6) is 1.58. The minimum atomic E-state index is -2.19. The van der Waals surface area contributed by atoms with Crippen molar-refractivity contribution in [1.29, 1.82) is 0 Å². The summed E-state index contributed by atoms with van der Waals surface area (Å²) < 4.78 is 20.3. The molecule has 55 heavy (non-hydrogen) atoms. The Kier molecular flexibility index (Phi) is 12.4. The van der Waals surface area contributed by atoms with E-state index in [2.05, 4.69) is 186 Å². The number of benzene rings is 3. The van der Waals surface area contributed by atoms with Gasteiger partial charge in [0, 0.05) is 36.5 Å². The predicted octanol–water partition coefficient (Wildman–Crippen LogP) is 14.9. The van der Waals surface area contributed by atoms with Crippen molar-refractivity contribution in [3.05, 3.63) is 130 Å². The molecule has 2 atom stereocenters. The SMILES string of the molecule is Cc1ccc(C)n1/C=C(/C=N\c1c(I)cccc1-c1ccccc1)Oc1c(Br)cc2c(c1C1C3=C(C=C(Br)C1O[Si](C)(C)C(C)(C)C)CCCC3)CCCC2. The molecule has 0 radical (unpaired) electrons. The zero-order chi connectivity index (χ0) is 39.1. The molecule has 0 fully saturated rings. The van der Waals surface area contributed by atoms with Crippen LogP contribution in [0.2, 0.25) is 18.1 Å². The highest BCUT2D eigenvalue weighted by Crippen LogP contribution is 2.54. The van der Waals surface area contributed by atoms with Crippen LogP contribution in [0.15, 0.2) is 104 Å². The van der Waals surface area contributed by atoms with Gasteiger partial charge in [-0.1, -0.05) is 84.7 Å². The molecule has 288 valence electrons. The van der Waals surface area contributed by atoms with Gasteiger partial charge in [-0.25, -0.2) is 0 Å². The number of allylic oxidation sites excluding steroid dienone is 3. The van der Waals surface area contributed by atoms with Crippen molar-refractivity contribution in [2.75, 3.05) is 0 Å². The Labute approximate surface area is 360 Å². The van der Waals surface area contributed by atoms with Gasteiger partial charge in [-0.05, 0) is 174 Å². The number of aromatic nitrogens is 1. The molecule has 3 aliphatic carbocycles. The number of fused-ring (bicyclic) bond motifs is 1. The molecule has 3 aromatic carbocycles. The van der Waals surface area contributed by atoms with E-state index in [4.69, 9.17) is 14.2 Å². The number of hydrogen-bond acceptors (Lipinski definition) is 3. The van der Waals surface area contributed by atoms with Crippen LogP contribution < -0.4 is 4.74 Å². The Morgan fingerprint density at radius 2 is 1.58 bits per heavy atom. The molecule has 0 spiro atoms. The number of aliphatic imine (C=N–C) groups is 1. The lowest BCUT2D eigenvalue weighted by atomic mass is 9.71. The summed E-state index contributed by atoms with van der Waals surface area (Å²) in [5.41, 5.74) is 12.6. The molecule has 0 saturated heterocycles. The van der Waals surface area contributed by atoms with Crippen molar-refractivity contribution in [2.45, 2.75) is 116 Å². The summed E-state index contributed by atoms with van der Waals surface area (Å²) in [6, 6.07) is 23.5. The summed E-state index contributed by atoms with van der Waals surface area (Å²) >= 11 is 10.7. The molecule has 4 nitrogen and oxygen atoms in total. The average molecular weight is 993 g/mol. The highest BCUT2D eigenvalue weighted by atomic mass is 127. The normalized spacial score (nSPS) is 19.4. The molecular formula is C47H53Br2IN2O2Si. The molecule has 7 rings (SSSR count). The number of ether oxygens (including phenoxy) is 1. The van der Waals surface area contributed by atoms with Crippen LogP contribution in [-0.4, -0.2) is 25.2 Å². The zero-order valence-corrected chi connectivity index (χ0v) is 39.6. The van der Waals surface area contributed by atoms with Crippen molar-refractivity contribution in [1.82, 2.24) is 4.57 Å². The van der Waals surface area contributed by atoms with Gasteiger partial charge in [0.05, 0.1) is 28.7 Å². The molecule has 2 unspecified atom stereocenters. The third-order valence-electron chi connectivity index (χ3n) is 12.1. The van der Waals surface area contributed by atoms with Gasteiger partial charge in [-0.15, -0.1) is 0 Å². The maximum absolute atomic E-state index is 7.53. The van der Waals surface area contributed by atoms with E-state index in [1.807, 2.05) is 6.21 Å². The molecule has 4 aromatic rings. The summed E-state index contributed by atoms with van der Waals surface area (Å²) in [5, 5.41) is 0.0640. The smallest absolute Gasteiger partial charge is 0.192 e. The second-order valence-electron chi connectivity index (χ2n) is 16.9. The first kappa shape index (κ1) is 40.7. The first-order chi connectivity index (χ1) is 26.2. The summed E-state index contributed by atoms with van der Waals surface area (Å²) in [7, 11) is -2.19. The quantitative estimate of drug-likeness (QED) is 0.0725. The minimum absolute atomic E-state index is 0.0381. The predicted molar refractivity (Wildman–Crippen MR) is 250 cm³/mol. The number of para-hydroxylation sites is 1. The Morgan fingerprint density at radius 3 is 2.31 bits per heavy atom. The average Bonchev–Trinajstić information content (AvgIpc) is 3.47. The van der Waals surface area contributed by atoms with Crippen molar-refractivity contribution < 1.29 is 9.16 Å². The molecule has 1 aromatic heterocycles. The van der Waals surface area contributed by atoms with Crippen LogP contribution in [0.5, 0.6) is 5.75 Å². The van der Waals surface area contributed by atoms with E-state index in [0.717, 1.165) is 72.2 Å². The van der Waals surface area contributed by atoms with Crippen LogP contribution in [0.4, 0.5) is 5.69 Å². The van der Waals surface area contributed by atoms with Gasteiger partial charge in [-0.2, -0.15) is 0 Å². The largest absolute Gasteiger partial charge is 0.453 e. The second-order valence-corrected chi connectivity index (χ2v) is 24.6. The number of hydrogen-bond donors (Lipinski definition) is 0. The molecule has 0 N–H and O–H groups in total. The Balaban J connectivity index is 1.43. The van der Waals surface area contributed by atoms with E-state index in [0.29, 0.717) is 5.76 Å². The van der Waals surface area contributed by atoms with E-state index < -0.39 is 8.32 Å². The standard InChI is InChI=1S/C47H53Br2IN2O2Si/c1-30-24-25-31(2)52(30)29-35(28-51-44-38(22-15-23-41(44)50)32-16-9-8-10-17-32)53-45-39(48)26-33-18-11-13-20-36(33)42(45)43-37-21-14-12-19-34(37)27-40(49)46(43)54-55(6,7)47(3,4)5/h8-10,15-17,22-29,43,46H,11-14,18-21H2,1-7H3/b35-29-,51-28-. The summed E-state index contributed by atoms with van der Waals surface area (Å²) in [6.45, 7) is 16.1. The van der Waals surface area contributed by atoms with Crippen molar-refractivity contribution >= 4 is 80.9 Å². The maximum atomic E-state index is 7.53. The molecule has 3 aliphatic rings. The van der Waals surface area contributed by atoms with E-state index in [9.17, 15) is 0 Å². The van der Waals surface area contributed by atoms with Gasteiger partial charge < -0.3 is 13.7 Å². The van der Waals surface area contributed by atoms with Crippen LogP contribution >= 0.6 is 54.5 Å². The van der Waals surface area contributed by atoms with E-state index in [-0.39, 0.29) is 17.1 Å². The van der Waals surface area contributed by atoms with Crippen molar-refractivity contribution in [2.24, 2.45) is 4.99 Å². The van der Waals surface area contributed by atoms with Crippen LogP contribution in [0.25, 0.3) is 17.3 Å². The van der Waals surface area contributed by atoms with Gasteiger partial charge in [0.15, 0.2) is 14.1 Å². The number of aryl methyl sites for hydroxylation is 3. The van der Waals surface area contributed by atoms with E-state index >= 15 is 0 Å². The van der Waals surface area contributed by atoms with Crippen molar-refractivity contribution in [3.63, 3.8) is 0 Å². The molecule has 1 heterocycles. The Hall–Kier alpha value is -2.50. The Morgan fingerprint density at radius 1 is 0.891 bits per heavy atom. The molecule has 0 saturated carbocycles. The second kappa shape index (κ2) is 16.8. The van der Waals surface area contributed by atoms with Gasteiger partial charge in [0.1, 0.15) is 5.75 Å². The highest BCUT2D eigenvalue weighted by Gasteiger charge is 2.46. The topological polar surface area (TPSA) is 35.8 Å². The fourth-order valence-corrected chi connectivity index (χ4v) is 11.4. The monoisotopic (exact) mass is 990 g/mol. The van der Waals surface area contributed by atoms with E-state index in [1.165, 1.54) is 53.5 Å². The first-order valence-electron chi connectivity index (χ1n) is 19.8. The fourth-order valence-electron chi connectivity index (χ4n) is 8.16. The lowest BCUT2D eigenvalue weighted by Gasteiger charge is -2.45. The van der Waals surface area contributed by atoms with Gasteiger partial charge in [0.2, 0.25) is 0 Å². The van der Waals surface area contributed by atoms with Crippen molar-refractivity contribution in [3.8, 4) is 16.9 Å². The Bertz CT molecular complexity index is 2190. The molecular weight excluding hydrogens is 939 g/mol. The number of halogens is 3. The minimum Gasteiger partial charge on any atom is -0.453 e. The van der Waals surface area contributed by atoms with Gasteiger partial charge in [-0.3, -0.25) is 4.99 Å². The first-order valence-corrected chi connectivity index (χ1v) is 25.3. The van der Waals surface area contributed by atoms with E-state index in [1.54, 1.807) is 0 Å². The fraction of sp³-hybridized carbons (Fsp3) is 0.383. The highest BCUT2D eigenvalue weighted by molar-refractivity contribution is 14.1. The lowest BCUT2D eigenvalue weighted by molar-refractivity contribution is 0.196. The molecule has 8 heteroatoms. The molecule has 0 amide bonds. The lowest BCUT2D eigenvalue weighted by Crippen LogP contribution is -2.46. The van der Waals surface area contributed by atoms with Crippen LogP contribution in [0, 0.1) is 17.4 Å². The summed E-state index contributed by atoms with van der Waals surface area (Å²) in [6.07, 6.45) is 15.4. The van der Waals surface area contributed by atoms with Crippen LogP contribution in [0.1, 0.15) is 93.3 Å². The van der Waals surface area contributed by atoms with Crippen LogP contribution in [-0.2, 0) is 17.3 Å². The van der Waals surface area contributed by atoms with Gasteiger partial charge in [0.25, 0.3) is 0 Å². The van der Waals surface area contributed by atoms with Crippen LogP contribution in [0.3, 0.4) is 0 Å².